The van der Waals surface area contributed by atoms with Crippen molar-refractivity contribution in [2.24, 2.45) is 0 Å². The van der Waals surface area contributed by atoms with Gasteiger partial charge in [0.1, 0.15) is 0 Å². The number of thiophene rings is 2. The van der Waals surface area contributed by atoms with Gasteiger partial charge in [-0.2, -0.15) is 0 Å². The van der Waals surface area contributed by atoms with Gasteiger partial charge in [0, 0.05) is 33.3 Å². The van der Waals surface area contributed by atoms with Crippen LogP contribution in [-0.4, -0.2) is 20.2 Å². The van der Waals surface area contributed by atoms with Crippen molar-refractivity contribution in [1.82, 2.24) is 5.32 Å². The molecular weight excluding hydrogens is 298 g/mol. The Morgan fingerprint density at radius 3 is 2.95 bits per heavy atom. The Balaban J connectivity index is 1.61. The van der Waals surface area contributed by atoms with Gasteiger partial charge in [-0.05, 0) is 22.9 Å². The quantitative estimate of drug-likeness (QED) is 0.944. The van der Waals surface area contributed by atoms with Gasteiger partial charge < -0.3 is 5.32 Å². The summed E-state index contributed by atoms with van der Waals surface area (Å²) in [5, 5.41) is 8.77. The highest BCUT2D eigenvalue weighted by molar-refractivity contribution is 7.94. The van der Waals surface area contributed by atoms with Gasteiger partial charge in [-0.1, -0.05) is 12.1 Å². The number of sulfone groups is 1. The standard InChI is InChI=1S/C13H13NO2S3/c15-19(16)5-3-11(9-19)14-7-12-6-10(8-18-12)13-2-1-4-17-13/h1-6,8,11,14H,7,9H2. The SMILES string of the molecule is O=S1(=O)C=CC(NCc2cc(-c3cccs3)cs2)C1. The molecule has 1 aliphatic rings. The molecule has 1 unspecified atom stereocenters. The van der Waals surface area contributed by atoms with Crippen molar-refractivity contribution in [3.8, 4) is 10.4 Å². The summed E-state index contributed by atoms with van der Waals surface area (Å²) in [6, 6.07) is 6.26. The van der Waals surface area contributed by atoms with E-state index in [1.165, 1.54) is 20.7 Å². The van der Waals surface area contributed by atoms with Gasteiger partial charge in [0.05, 0.1) is 5.75 Å². The molecule has 1 aliphatic heterocycles. The summed E-state index contributed by atoms with van der Waals surface area (Å²) in [7, 11) is -2.97. The number of hydrogen-bond acceptors (Lipinski definition) is 5. The molecule has 0 bridgehead atoms. The van der Waals surface area contributed by atoms with Crippen molar-refractivity contribution in [1.29, 1.82) is 0 Å². The average molecular weight is 311 g/mol. The van der Waals surface area contributed by atoms with Crippen LogP contribution in [0.3, 0.4) is 0 Å². The predicted molar refractivity (Wildman–Crippen MR) is 81.2 cm³/mol. The van der Waals surface area contributed by atoms with E-state index in [1.54, 1.807) is 28.7 Å². The molecule has 0 radical (unpaired) electrons. The molecule has 3 heterocycles. The first-order chi connectivity index (χ1) is 9.12. The normalized spacial score (nSPS) is 20.9. The summed E-state index contributed by atoms with van der Waals surface area (Å²) in [6.45, 7) is 0.709. The Kier molecular flexibility index (Phi) is 3.58. The fourth-order valence-corrected chi connectivity index (χ4v) is 4.87. The van der Waals surface area contributed by atoms with Gasteiger partial charge in [0.2, 0.25) is 0 Å². The van der Waals surface area contributed by atoms with Gasteiger partial charge in [-0.3, -0.25) is 0 Å². The van der Waals surface area contributed by atoms with Crippen molar-refractivity contribution in [3.63, 3.8) is 0 Å². The highest BCUT2D eigenvalue weighted by atomic mass is 32.2. The van der Waals surface area contributed by atoms with E-state index in [1.807, 2.05) is 6.07 Å². The van der Waals surface area contributed by atoms with E-state index in [2.05, 4.69) is 28.2 Å². The Morgan fingerprint density at radius 1 is 1.37 bits per heavy atom. The highest BCUT2D eigenvalue weighted by Crippen LogP contribution is 2.29. The molecule has 2 aromatic rings. The number of nitrogens with one attached hydrogen (secondary N) is 1. The minimum absolute atomic E-state index is 0.0581. The van der Waals surface area contributed by atoms with E-state index >= 15 is 0 Å². The van der Waals surface area contributed by atoms with Crippen LogP contribution in [0.15, 0.2) is 40.4 Å². The average Bonchev–Trinajstić information content (AvgIpc) is 3.04. The summed E-state index contributed by atoms with van der Waals surface area (Å²) in [6.07, 6.45) is 1.73. The fourth-order valence-electron chi connectivity index (χ4n) is 1.98. The summed E-state index contributed by atoms with van der Waals surface area (Å²) < 4.78 is 22.6. The molecule has 0 spiro atoms. The minimum Gasteiger partial charge on any atom is -0.305 e. The zero-order valence-electron chi connectivity index (χ0n) is 10.1. The first-order valence-corrected chi connectivity index (χ1v) is 9.35. The van der Waals surface area contributed by atoms with E-state index in [4.69, 9.17) is 0 Å². The molecule has 0 saturated heterocycles. The third kappa shape index (κ3) is 3.14. The minimum atomic E-state index is -2.97. The maximum absolute atomic E-state index is 11.3. The van der Waals surface area contributed by atoms with E-state index in [9.17, 15) is 8.42 Å². The summed E-state index contributed by atoms with van der Waals surface area (Å²) >= 11 is 3.43. The summed E-state index contributed by atoms with van der Waals surface area (Å²) in [4.78, 5) is 2.49. The van der Waals surface area contributed by atoms with Gasteiger partial charge in [0.15, 0.2) is 9.84 Å². The lowest BCUT2D eigenvalue weighted by Gasteiger charge is -2.07. The van der Waals surface area contributed by atoms with Crippen molar-refractivity contribution in [2.75, 3.05) is 5.75 Å². The lowest BCUT2D eigenvalue weighted by molar-refractivity contribution is 0.591. The Hall–Kier alpha value is -0.950. The second-order valence-corrected chi connectivity index (χ2v) is 8.30. The van der Waals surface area contributed by atoms with Crippen LogP contribution in [-0.2, 0) is 16.4 Å². The molecule has 1 atom stereocenters. The Bertz CT molecular complexity index is 683. The maximum atomic E-state index is 11.3. The smallest absolute Gasteiger partial charge is 0.173 e. The first-order valence-electron chi connectivity index (χ1n) is 5.88. The van der Waals surface area contributed by atoms with Crippen LogP contribution in [0.1, 0.15) is 4.88 Å². The fraction of sp³-hybridized carbons (Fsp3) is 0.231. The molecule has 0 aliphatic carbocycles. The second kappa shape index (κ2) is 5.20. The van der Waals surface area contributed by atoms with Crippen LogP contribution in [0.25, 0.3) is 10.4 Å². The van der Waals surface area contributed by atoms with E-state index in [0.717, 1.165) is 0 Å². The Morgan fingerprint density at radius 2 is 2.26 bits per heavy atom. The third-order valence-corrected chi connectivity index (χ3v) is 6.18. The van der Waals surface area contributed by atoms with Crippen LogP contribution in [0.2, 0.25) is 0 Å². The van der Waals surface area contributed by atoms with Gasteiger partial charge >= 0.3 is 0 Å². The van der Waals surface area contributed by atoms with Crippen molar-refractivity contribution in [2.45, 2.75) is 12.6 Å². The largest absolute Gasteiger partial charge is 0.305 e. The predicted octanol–water partition coefficient (Wildman–Crippen LogP) is 2.88. The molecule has 100 valence electrons. The molecule has 19 heavy (non-hydrogen) atoms. The molecule has 6 heteroatoms. The molecule has 0 saturated carbocycles. The van der Waals surface area contributed by atoms with Crippen molar-refractivity contribution in [3.05, 3.63) is 45.3 Å². The molecule has 3 nitrogen and oxygen atoms in total. The lowest BCUT2D eigenvalue weighted by Crippen LogP contribution is -2.29. The Labute approximate surface area is 120 Å². The van der Waals surface area contributed by atoms with Crippen LogP contribution in [0.5, 0.6) is 0 Å². The first kappa shape index (κ1) is 13.1. The molecule has 1 N–H and O–H groups in total. The van der Waals surface area contributed by atoms with Crippen LogP contribution in [0.4, 0.5) is 0 Å². The molecule has 0 aromatic carbocycles. The van der Waals surface area contributed by atoms with E-state index < -0.39 is 9.84 Å². The molecule has 3 rings (SSSR count). The maximum Gasteiger partial charge on any atom is 0.173 e. The van der Waals surface area contributed by atoms with Crippen LogP contribution < -0.4 is 5.32 Å². The van der Waals surface area contributed by atoms with Gasteiger partial charge in [-0.25, -0.2) is 8.42 Å². The molecular formula is C13H13NO2S3. The highest BCUT2D eigenvalue weighted by Gasteiger charge is 2.20. The zero-order valence-corrected chi connectivity index (χ0v) is 12.5. The third-order valence-electron chi connectivity index (χ3n) is 2.93. The molecule has 0 fully saturated rings. The number of rotatable bonds is 4. The monoisotopic (exact) mass is 311 g/mol. The van der Waals surface area contributed by atoms with Crippen LogP contribution >= 0.6 is 22.7 Å². The van der Waals surface area contributed by atoms with Crippen molar-refractivity contribution < 1.29 is 8.42 Å². The summed E-state index contributed by atoms with van der Waals surface area (Å²) in [5.41, 5.74) is 1.24. The van der Waals surface area contributed by atoms with Crippen LogP contribution in [0, 0.1) is 0 Å². The second-order valence-electron chi connectivity index (χ2n) is 4.42. The molecule has 0 amide bonds. The zero-order chi connectivity index (χ0) is 13.3. The van der Waals surface area contributed by atoms with E-state index in [0.29, 0.717) is 6.54 Å². The van der Waals surface area contributed by atoms with Gasteiger partial charge in [0.25, 0.3) is 0 Å². The molecule has 2 aromatic heterocycles. The topological polar surface area (TPSA) is 46.2 Å². The van der Waals surface area contributed by atoms with Crippen molar-refractivity contribution >= 4 is 32.5 Å². The number of hydrogen-bond donors (Lipinski definition) is 1. The van der Waals surface area contributed by atoms with E-state index in [-0.39, 0.29) is 11.8 Å². The lowest BCUT2D eigenvalue weighted by atomic mass is 10.2. The van der Waals surface area contributed by atoms with Gasteiger partial charge in [-0.15, -0.1) is 22.7 Å². The summed E-state index contributed by atoms with van der Waals surface area (Å²) in [5.74, 6) is 0.177.